The van der Waals surface area contributed by atoms with Crippen LogP contribution in [0.4, 0.5) is 29.1 Å². The van der Waals surface area contributed by atoms with Gasteiger partial charge < -0.3 is 9.64 Å². The topological polar surface area (TPSA) is 55.5 Å². The second kappa shape index (κ2) is 7.79. The van der Waals surface area contributed by atoms with Gasteiger partial charge in [-0.1, -0.05) is 12.1 Å². The quantitative estimate of drug-likeness (QED) is 0.336. The number of fused-ring (bicyclic) bond motifs is 4. The Balaban J connectivity index is 1.46. The number of alkyl halides is 3. The summed E-state index contributed by atoms with van der Waals surface area (Å²) >= 11 is 0. The third-order valence-corrected chi connectivity index (χ3v) is 7.18. The van der Waals surface area contributed by atoms with Crippen LogP contribution in [-0.4, -0.2) is 38.9 Å². The Kier molecular flexibility index (Phi) is 4.91. The zero-order valence-corrected chi connectivity index (χ0v) is 19.1. The van der Waals surface area contributed by atoms with Crippen molar-refractivity contribution in [1.82, 2.24) is 19.6 Å². The second-order valence-electron chi connectivity index (χ2n) is 9.38. The maximum absolute atomic E-state index is 14.4. The molecule has 35 heavy (non-hydrogen) atoms. The summed E-state index contributed by atoms with van der Waals surface area (Å²) in [6.45, 7) is 2.77. The molecule has 3 heterocycles. The molecule has 0 saturated heterocycles. The Morgan fingerprint density at radius 1 is 1.11 bits per heavy atom. The maximum atomic E-state index is 14.4. The van der Waals surface area contributed by atoms with Crippen molar-refractivity contribution in [2.75, 3.05) is 18.1 Å². The van der Waals surface area contributed by atoms with Crippen LogP contribution in [0.1, 0.15) is 37.1 Å². The molecule has 1 saturated carbocycles. The third-order valence-electron chi connectivity index (χ3n) is 7.18. The number of hydrogen-bond acceptors (Lipinski definition) is 5. The Morgan fingerprint density at radius 2 is 1.94 bits per heavy atom. The first-order valence-corrected chi connectivity index (χ1v) is 11.7. The molecule has 0 spiro atoms. The minimum absolute atomic E-state index is 0.0354. The Hall–Kier alpha value is -3.43. The summed E-state index contributed by atoms with van der Waals surface area (Å²) in [4.78, 5) is 6.68. The van der Waals surface area contributed by atoms with Gasteiger partial charge in [-0.3, -0.25) is 4.40 Å². The second-order valence-corrected chi connectivity index (χ2v) is 9.38. The highest BCUT2D eigenvalue weighted by Crippen LogP contribution is 2.60. The summed E-state index contributed by atoms with van der Waals surface area (Å²) in [5, 5.41) is 8.89. The molecule has 0 bridgehead atoms. The predicted octanol–water partition coefficient (Wildman–Crippen LogP) is 5.92. The molecule has 182 valence electrons. The van der Waals surface area contributed by atoms with Crippen molar-refractivity contribution >= 4 is 28.2 Å². The van der Waals surface area contributed by atoms with Gasteiger partial charge in [-0.05, 0) is 68.9 Å². The molecule has 1 fully saturated rings. The van der Waals surface area contributed by atoms with Crippen LogP contribution in [0.2, 0.25) is 0 Å². The first-order chi connectivity index (χ1) is 16.8. The summed E-state index contributed by atoms with van der Waals surface area (Å²) in [6, 6.07) is 10.0. The van der Waals surface area contributed by atoms with E-state index in [9.17, 15) is 17.6 Å². The molecule has 0 N–H and O–H groups in total. The smallest absolute Gasteiger partial charge is 0.394 e. The zero-order valence-electron chi connectivity index (χ0n) is 19.1. The minimum Gasteiger partial charge on any atom is -0.491 e. The monoisotopic (exact) mass is 485 g/mol. The van der Waals surface area contributed by atoms with E-state index >= 15 is 0 Å². The molecule has 2 aromatic carbocycles. The minimum atomic E-state index is -4.19. The van der Waals surface area contributed by atoms with Crippen LogP contribution >= 0.6 is 0 Å². The first kappa shape index (κ1) is 22.1. The van der Waals surface area contributed by atoms with E-state index in [1.807, 2.05) is 23.1 Å². The average Bonchev–Trinajstić information content (AvgIpc) is 3.58. The number of anilines is 2. The van der Waals surface area contributed by atoms with Gasteiger partial charge in [0.05, 0.1) is 23.2 Å². The molecule has 2 aliphatic rings. The molecule has 0 radical (unpaired) electrons. The molecular weight excluding hydrogens is 462 g/mol. The number of ether oxygens (including phenoxy) is 1. The number of aryl methyl sites for hydroxylation is 2. The van der Waals surface area contributed by atoms with E-state index < -0.39 is 17.4 Å². The van der Waals surface area contributed by atoms with Gasteiger partial charge in [0.2, 0.25) is 0 Å². The fourth-order valence-corrected chi connectivity index (χ4v) is 5.03. The average molecular weight is 485 g/mol. The van der Waals surface area contributed by atoms with E-state index in [0.717, 1.165) is 11.1 Å². The van der Waals surface area contributed by atoms with Gasteiger partial charge >= 0.3 is 6.18 Å². The summed E-state index contributed by atoms with van der Waals surface area (Å²) in [7, 11) is 0. The molecule has 1 aliphatic heterocycles. The van der Waals surface area contributed by atoms with Crippen LogP contribution in [0.3, 0.4) is 0 Å². The fraction of sp³-hybridized carbons (Fsp3) is 0.400. The number of benzene rings is 2. The lowest BCUT2D eigenvalue weighted by molar-refractivity contribution is -0.188. The maximum Gasteiger partial charge on any atom is 0.394 e. The summed E-state index contributed by atoms with van der Waals surface area (Å²) in [6.07, 6.45) is -2.87. The predicted molar refractivity (Wildman–Crippen MR) is 123 cm³/mol. The van der Waals surface area contributed by atoms with Crippen LogP contribution in [0, 0.1) is 18.2 Å². The lowest BCUT2D eigenvalue weighted by atomic mass is 9.95. The van der Waals surface area contributed by atoms with E-state index in [1.54, 1.807) is 17.4 Å². The van der Waals surface area contributed by atoms with Gasteiger partial charge in [-0.15, -0.1) is 10.2 Å². The van der Waals surface area contributed by atoms with Gasteiger partial charge in [-0.25, -0.2) is 4.39 Å². The molecule has 6 nitrogen and oxygen atoms in total. The van der Waals surface area contributed by atoms with Crippen molar-refractivity contribution in [3.63, 3.8) is 0 Å². The molecule has 6 rings (SSSR count). The van der Waals surface area contributed by atoms with E-state index in [1.165, 1.54) is 12.1 Å². The highest BCUT2D eigenvalue weighted by molar-refractivity contribution is 5.94. The lowest BCUT2D eigenvalue weighted by Crippen LogP contribution is -2.25. The molecule has 10 heteroatoms. The van der Waals surface area contributed by atoms with E-state index in [0.29, 0.717) is 53.8 Å². The third kappa shape index (κ3) is 3.57. The zero-order chi connectivity index (χ0) is 24.4. The van der Waals surface area contributed by atoms with E-state index in [-0.39, 0.29) is 25.7 Å². The van der Waals surface area contributed by atoms with Gasteiger partial charge in [0.25, 0.3) is 5.78 Å². The molecule has 0 amide bonds. The highest BCUT2D eigenvalue weighted by atomic mass is 19.4. The molecule has 0 unspecified atom stereocenters. The van der Waals surface area contributed by atoms with Crippen LogP contribution in [0.25, 0.3) is 16.7 Å². The molecular formula is C25H23F4N5O. The Labute approximate surface area is 198 Å². The van der Waals surface area contributed by atoms with Crippen molar-refractivity contribution in [3.8, 4) is 5.75 Å². The Morgan fingerprint density at radius 3 is 2.71 bits per heavy atom. The summed E-state index contributed by atoms with van der Waals surface area (Å²) < 4.78 is 62.7. The largest absolute Gasteiger partial charge is 0.491 e. The van der Waals surface area contributed by atoms with E-state index in [2.05, 4.69) is 10.2 Å². The normalized spacial score (nSPS) is 17.3. The fourth-order valence-electron chi connectivity index (χ4n) is 5.03. The highest BCUT2D eigenvalue weighted by Gasteiger charge is 2.62. The number of rotatable bonds is 4. The molecule has 0 atom stereocenters. The van der Waals surface area contributed by atoms with Crippen LogP contribution < -0.4 is 9.64 Å². The van der Waals surface area contributed by atoms with Gasteiger partial charge in [0, 0.05) is 11.9 Å². The van der Waals surface area contributed by atoms with Crippen LogP contribution in [0.15, 0.2) is 36.4 Å². The van der Waals surface area contributed by atoms with Crippen molar-refractivity contribution in [2.24, 2.45) is 5.41 Å². The number of halogens is 4. The van der Waals surface area contributed by atoms with E-state index in [4.69, 9.17) is 9.72 Å². The Bertz CT molecular complexity index is 1440. The first-order valence-electron chi connectivity index (χ1n) is 11.7. The van der Waals surface area contributed by atoms with Crippen molar-refractivity contribution in [3.05, 3.63) is 53.6 Å². The molecule has 4 aromatic rings. The summed E-state index contributed by atoms with van der Waals surface area (Å²) in [5.74, 6) is 1.70. The molecule has 2 aromatic heterocycles. The van der Waals surface area contributed by atoms with Gasteiger partial charge in [0.1, 0.15) is 23.2 Å². The lowest BCUT2D eigenvalue weighted by Gasteiger charge is -2.26. The number of hydrogen-bond donors (Lipinski definition) is 0. The molecule has 1 aliphatic carbocycles. The van der Waals surface area contributed by atoms with Crippen molar-refractivity contribution in [2.45, 2.75) is 45.2 Å². The number of para-hydroxylation sites is 1. The van der Waals surface area contributed by atoms with Crippen molar-refractivity contribution in [1.29, 1.82) is 0 Å². The number of nitrogens with zero attached hydrogens (tertiary/aromatic N) is 5. The van der Waals surface area contributed by atoms with Crippen LogP contribution in [0.5, 0.6) is 5.75 Å². The summed E-state index contributed by atoms with van der Waals surface area (Å²) in [5.41, 5.74) is 0.583. The van der Waals surface area contributed by atoms with Gasteiger partial charge in [-0.2, -0.15) is 18.2 Å². The van der Waals surface area contributed by atoms with Gasteiger partial charge in [0.15, 0.2) is 0 Å². The van der Waals surface area contributed by atoms with Crippen LogP contribution in [-0.2, 0) is 6.42 Å². The SMILES string of the molecule is Cc1nnc2nc(N3CCCOc4c(CCC5(C(F)(F)F)CC5)cccc43)c3cc(F)ccc3n12. The van der Waals surface area contributed by atoms with Crippen molar-refractivity contribution < 1.29 is 22.3 Å². The number of aromatic nitrogens is 4. The standard InChI is InChI=1S/C25H23F4N5O/c1-15-31-32-23-30-22(18-14-17(26)6-7-19(18)34(15)23)33-12-3-13-35-21-16(4-2-5-20(21)33)8-9-24(10-11-24)25(27,28)29/h2,4-7,14H,3,8-13H2,1H3.